The quantitative estimate of drug-likeness (QED) is 0.742. The van der Waals surface area contributed by atoms with Crippen LogP contribution in [-0.4, -0.2) is 22.1 Å². The first-order valence-corrected chi connectivity index (χ1v) is 7.10. The van der Waals surface area contributed by atoms with Gasteiger partial charge >= 0.3 is 0 Å². The Labute approximate surface area is 122 Å². The zero-order valence-electron chi connectivity index (χ0n) is 11.7. The summed E-state index contributed by atoms with van der Waals surface area (Å²) in [6.45, 7) is 2.08. The number of benzene rings is 2. The molecule has 0 bridgehead atoms. The van der Waals surface area contributed by atoms with Gasteiger partial charge in [0, 0.05) is 17.1 Å². The standard InChI is InChI=1S/C17H15N3O/c1-11-10-12-6-2-5-9-15(12)20(11)17(21)16-13-7-3-4-8-14(13)18-19-16/h2-9,11H,10H2,1H3,(H,18,19). The SMILES string of the molecule is CC1Cc2ccccc2N1C(=O)c1n[nH]c2ccccc12. The Balaban J connectivity index is 1.82. The van der Waals surface area contributed by atoms with E-state index in [1.165, 1.54) is 5.56 Å². The molecule has 4 rings (SSSR count). The lowest BCUT2D eigenvalue weighted by Gasteiger charge is -2.21. The van der Waals surface area contributed by atoms with E-state index in [1.807, 2.05) is 47.4 Å². The van der Waals surface area contributed by atoms with E-state index in [4.69, 9.17) is 0 Å². The number of carbonyl (C=O) groups excluding carboxylic acids is 1. The number of nitrogens with zero attached hydrogens (tertiary/aromatic N) is 2. The Bertz CT molecular complexity index is 837. The highest BCUT2D eigenvalue weighted by Gasteiger charge is 2.32. The first-order valence-electron chi connectivity index (χ1n) is 7.10. The minimum absolute atomic E-state index is 0.0371. The van der Waals surface area contributed by atoms with Gasteiger partial charge in [-0.05, 0) is 31.0 Å². The monoisotopic (exact) mass is 277 g/mol. The van der Waals surface area contributed by atoms with Crippen LogP contribution in [0.5, 0.6) is 0 Å². The molecule has 1 atom stereocenters. The normalized spacial score (nSPS) is 17.2. The number of fused-ring (bicyclic) bond motifs is 2. The molecule has 1 aromatic heterocycles. The summed E-state index contributed by atoms with van der Waals surface area (Å²) < 4.78 is 0. The third kappa shape index (κ3) is 1.76. The fourth-order valence-electron chi connectivity index (χ4n) is 3.12. The van der Waals surface area contributed by atoms with Gasteiger partial charge in [-0.15, -0.1) is 0 Å². The lowest BCUT2D eigenvalue weighted by Crippen LogP contribution is -2.36. The van der Waals surface area contributed by atoms with Crippen LogP contribution in [0.3, 0.4) is 0 Å². The number of carbonyl (C=O) groups is 1. The van der Waals surface area contributed by atoms with Crippen LogP contribution in [0.4, 0.5) is 5.69 Å². The number of H-pyrrole nitrogens is 1. The molecule has 1 N–H and O–H groups in total. The molecule has 0 fully saturated rings. The average molecular weight is 277 g/mol. The first-order chi connectivity index (χ1) is 10.3. The van der Waals surface area contributed by atoms with Crippen LogP contribution in [0.1, 0.15) is 23.0 Å². The smallest absolute Gasteiger partial charge is 0.279 e. The van der Waals surface area contributed by atoms with Crippen molar-refractivity contribution in [3.8, 4) is 0 Å². The Morgan fingerprint density at radius 1 is 1.19 bits per heavy atom. The highest BCUT2D eigenvalue weighted by atomic mass is 16.2. The molecule has 1 amide bonds. The van der Waals surface area contributed by atoms with Crippen LogP contribution in [0.2, 0.25) is 0 Å². The van der Waals surface area contributed by atoms with Crippen molar-refractivity contribution >= 4 is 22.5 Å². The molecule has 0 aliphatic carbocycles. The first kappa shape index (κ1) is 12.1. The summed E-state index contributed by atoms with van der Waals surface area (Å²) in [5.74, 6) is -0.0371. The van der Waals surface area contributed by atoms with Gasteiger partial charge in [-0.25, -0.2) is 0 Å². The maximum Gasteiger partial charge on any atom is 0.279 e. The fourth-order valence-corrected chi connectivity index (χ4v) is 3.12. The molecule has 21 heavy (non-hydrogen) atoms. The Hall–Kier alpha value is -2.62. The van der Waals surface area contributed by atoms with E-state index in [0.717, 1.165) is 23.0 Å². The summed E-state index contributed by atoms with van der Waals surface area (Å²) >= 11 is 0. The zero-order chi connectivity index (χ0) is 14.4. The topological polar surface area (TPSA) is 49.0 Å². The van der Waals surface area contributed by atoms with E-state index in [1.54, 1.807) is 0 Å². The molecule has 4 heteroatoms. The molecule has 0 radical (unpaired) electrons. The number of rotatable bonds is 1. The Kier molecular flexibility index (Phi) is 2.57. The van der Waals surface area contributed by atoms with Crippen LogP contribution in [0.15, 0.2) is 48.5 Å². The van der Waals surface area contributed by atoms with E-state index in [9.17, 15) is 4.79 Å². The number of aromatic nitrogens is 2. The van der Waals surface area contributed by atoms with Gasteiger partial charge in [0.15, 0.2) is 5.69 Å². The summed E-state index contributed by atoms with van der Waals surface area (Å²) in [6, 6.07) is 16.0. The van der Waals surface area contributed by atoms with E-state index in [-0.39, 0.29) is 11.9 Å². The van der Waals surface area contributed by atoms with Crippen LogP contribution in [-0.2, 0) is 6.42 Å². The van der Waals surface area contributed by atoms with Crippen LogP contribution in [0.25, 0.3) is 10.9 Å². The van der Waals surface area contributed by atoms with Crippen molar-refractivity contribution < 1.29 is 4.79 Å². The molecule has 2 heterocycles. The maximum absolute atomic E-state index is 12.9. The summed E-state index contributed by atoms with van der Waals surface area (Å²) in [4.78, 5) is 14.8. The van der Waals surface area contributed by atoms with Gasteiger partial charge < -0.3 is 4.90 Å². The van der Waals surface area contributed by atoms with E-state index in [0.29, 0.717) is 5.69 Å². The summed E-state index contributed by atoms with van der Waals surface area (Å²) in [5, 5.41) is 8.04. The van der Waals surface area contributed by atoms with Crippen molar-refractivity contribution in [3.63, 3.8) is 0 Å². The third-order valence-corrected chi connectivity index (χ3v) is 4.10. The Morgan fingerprint density at radius 2 is 1.95 bits per heavy atom. The number of aromatic amines is 1. The predicted octanol–water partition coefficient (Wildman–Crippen LogP) is 3.15. The maximum atomic E-state index is 12.9. The number of nitrogens with one attached hydrogen (secondary N) is 1. The van der Waals surface area contributed by atoms with Crippen LogP contribution < -0.4 is 4.90 Å². The van der Waals surface area contributed by atoms with Crippen molar-refractivity contribution in [3.05, 3.63) is 59.8 Å². The van der Waals surface area contributed by atoms with Crippen molar-refractivity contribution in [2.24, 2.45) is 0 Å². The molecule has 104 valence electrons. The van der Waals surface area contributed by atoms with Crippen LogP contribution >= 0.6 is 0 Å². The van der Waals surface area contributed by atoms with Gasteiger partial charge in [0.25, 0.3) is 5.91 Å². The molecular weight excluding hydrogens is 262 g/mol. The number of hydrogen-bond acceptors (Lipinski definition) is 2. The predicted molar refractivity (Wildman–Crippen MR) is 82.5 cm³/mol. The van der Waals surface area contributed by atoms with Gasteiger partial charge in [0.2, 0.25) is 0 Å². The van der Waals surface area contributed by atoms with E-state index >= 15 is 0 Å². The molecule has 1 aliphatic heterocycles. The van der Waals surface area contributed by atoms with Gasteiger partial charge in [0.1, 0.15) is 0 Å². The number of hydrogen-bond donors (Lipinski definition) is 1. The molecular formula is C17H15N3O. The van der Waals surface area contributed by atoms with Gasteiger partial charge in [-0.3, -0.25) is 9.89 Å². The largest absolute Gasteiger partial charge is 0.304 e. The Morgan fingerprint density at radius 3 is 2.86 bits per heavy atom. The average Bonchev–Trinajstić information content (AvgIpc) is 3.06. The molecule has 0 spiro atoms. The lowest BCUT2D eigenvalue weighted by atomic mass is 10.1. The second-order valence-electron chi connectivity index (χ2n) is 5.47. The molecule has 0 saturated heterocycles. The molecule has 4 nitrogen and oxygen atoms in total. The van der Waals surface area contributed by atoms with E-state index < -0.39 is 0 Å². The molecule has 1 aliphatic rings. The summed E-state index contributed by atoms with van der Waals surface area (Å²) in [7, 11) is 0. The molecule has 3 aromatic rings. The zero-order valence-corrected chi connectivity index (χ0v) is 11.7. The summed E-state index contributed by atoms with van der Waals surface area (Å²) in [6.07, 6.45) is 0.893. The molecule has 1 unspecified atom stereocenters. The number of anilines is 1. The van der Waals surface area contributed by atoms with Gasteiger partial charge in [0.05, 0.1) is 5.52 Å². The second kappa shape index (κ2) is 4.45. The third-order valence-electron chi connectivity index (χ3n) is 4.10. The van der Waals surface area contributed by atoms with Crippen molar-refractivity contribution in [2.45, 2.75) is 19.4 Å². The van der Waals surface area contributed by atoms with Crippen molar-refractivity contribution in [1.29, 1.82) is 0 Å². The van der Waals surface area contributed by atoms with Crippen molar-refractivity contribution in [1.82, 2.24) is 10.2 Å². The second-order valence-corrected chi connectivity index (χ2v) is 5.47. The minimum atomic E-state index is -0.0371. The van der Waals surface area contributed by atoms with Crippen molar-refractivity contribution in [2.75, 3.05) is 4.90 Å². The number of amides is 1. The van der Waals surface area contributed by atoms with Gasteiger partial charge in [-0.1, -0.05) is 36.4 Å². The van der Waals surface area contributed by atoms with Gasteiger partial charge in [-0.2, -0.15) is 5.10 Å². The van der Waals surface area contributed by atoms with Crippen LogP contribution in [0, 0.1) is 0 Å². The highest BCUT2D eigenvalue weighted by molar-refractivity contribution is 6.13. The fraction of sp³-hybridized carbons (Fsp3) is 0.176. The highest BCUT2D eigenvalue weighted by Crippen LogP contribution is 2.33. The molecule has 0 saturated carbocycles. The number of para-hydroxylation sites is 2. The summed E-state index contributed by atoms with van der Waals surface area (Å²) in [5.41, 5.74) is 3.61. The lowest BCUT2D eigenvalue weighted by molar-refractivity contribution is 0.0978. The molecule has 2 aromatic carbocycles. The minimum Gasteiger partial charge on any atom is -0.304 e. The van der Waals surface area contributed by atoms with E-state index in [2.05, 4.69) is 23.2 Å².